The molecule has 0 saturated heterocycles. The van der Waals surface area contributed by atoms with Crippen LogP contribution in [0.1, 0.15) is 23.2 Å². The van der Waals surface area contributed by atoms with Gasteiger partial charge in [-0.05, 0) is 38.0 Å². The highest BCUT2D eigenvalue weighted by molar-refractivity contribution is 8.00. The summed E-state index contributed by atoms with van der Waals surface area (Å²) in [6.45, 7) is 5.15. The Bertz CT molecular complexity index is 827. The second-order valence-electron chi connectivity index (χ2n) is 5.81. The van der Waals surface area contributed by atoms with Crippen molar-refractivity contribution in [3.8, 4) is 6.07 Å². The van der Waals surface area contributed by atoms with E-state index in [9.17, 15) is 10.1 Å². The smallest absolute Gasteiger partial charge is 0.235 e. The fourth-order valence-electron chi connectivity index (χ4n) is 2.65. The van der Waals surface area contributed by atoms with Gasteiger partial charge in [0.15, 0.2) is 0 Å². The molecular weight excluding hydrogens is 370 g/mol. The van der Waals surface area contributed by atoms with Crippen LogP contribution in [0.15, 0.2) is 29.2 Å². The molecule has 0 atom stereocenters. The van der Waals surface area contributed by atoms with Gasteiger partial charge >= 0.3 is 0 Å². The van der Waals surface area contributed by atoms with Crippen molar-refractivity contribution in [3.63, 3.8) is 0 Å². The number of nitriles is 1. The maximum Gasteiger partial charge on any atom is 0.235 e. The lowest BCUT2D eigenvalue weighted by Crippen LogP contribution is -2.18. The van der Waals surface area contributed by atoms with Gasteiger partial charge in [-0.25, -0.2) is 0 Å². The Morgan fingerprint density at radius 1 is 1.38 bits per heavy atom. The van der Waals surface area contributed by atoms with Crippen LogP contribution in [-0.4, -0.2) is 29.9 Å². The molecule has 7 heteroatoms. The maximum atomic E-state index is 12.4. The predicted octanol–water partition coefficient (Wildman–Crippen LogP) is 4.40. The van der Waals surface area contributed by atoms with Crippen LogP contribution in [0, 0.1) is 25.2 Å². The molecule has 0 aliphatic rings. The molecule has 1 aromatic heterocycles. The lowest BCUT2D eigenvalue weighted by molar-refractivity contribution is -0.113. The minimum absolute atomic E-state index is 0.170. The molecule has 2 aromatic rings. The first-order chi connectivity index (χ1) is 12.5. The number of halogens is 1. The van der Waals surface area contributed by atoms with Crippen molar-refractivity contribution in [3.05, 3.63) is 46.1 Å². The van der Waals surface area contributed by atoms with Crippen molar-refractivity contribution < 1.29 is 9.53 Å². The fraction of sp³-hybridized carbons (Fsp3) is 0.368. The Hall–Kier alpha value is -1.94. The fourth-order valence-corrected chi connectivity index (χ4v) is 3.69. The minimum atomic E-state index is -0.170. The van der Waals surface area contributed by atoms with E-state index in [4.69, 9.17) is 16.3 Å². The third-order valence-corrected chi connectivity index (χ3v) is 5.64. The zero-order valence-electron chi connectivity index (χ0n) is 15.1. The van der Waals surface area contributed by atoms with Crippen LogP contribution in [0.2, 0.25) is 5.02 Å². The molecule has 1 amide bonds. The van der Waals surface area contributed by atoms with Crippen molar-refractivity contribution in [1.29, 1.82) is 5.26 Å². The average Bonchev–Trinajstić information content (AvgIpc) is 2.85. The Morgan fingerprint density at radius 3 is 2.77 bits per heavy atom. The number of methoxy groups -OCH3 is 1. The molecule has 1 heterocycles. The molecule has 0 unspecified atom stereocenters. The van der Waals surface area contributed by atoms with Crippen molar-refractivity contribution in [1.82, 2.24) is 4.57 Å². The summed E-state index contributed by atoms with van der Waals surface area (Å²) in [7, 11) is 1.66. The van der Waals surface area contributed by atoms with E-state index in [1.807, 2.05) is 36.6 Å². The number of amides is 1. The SMILES string of the molecule is COCCCn1c(C)c(C)c(C#N)c1NC(=O)CSc1ccccc1Cl. The molecule has 1 aromatic carbocycles. The van der Waals surface area contributed by atoms with Crippen molar-refractivity contribution in [2.75, 3.05) is 24.8 Å². The van der Waals surface area contributed by atoms with Gasteiger partial charge in [0.05, 0.1) is 16.3 Å². The van der Waals surface area contributed by atoms with Gasteiger partial charge in [-0.15, -0.1) is 11.8 Å². The largest absolute Gasteiger partial charge is 0.385 e. The highest BCUT2D eigenvalue weighted by Crippen LogP contribution is 2.29. The van der Waals surface area contributed by atoms with Gasteiger partial charge < -0.3 is 14.6 Å². The average molecular weight is 392 g/mol. The molecule has 0 radical (unpaired) electrons. The number of thioether (sulfide) groups is 1. The number of rotatable bonds is 8. The molecule has 0 spiro atoms. The van der Waals surface area contributed by atoms with E-state index in [0.29, 0.717) is 29.6 Å². The van der Waals surface area contributed by atoms with E-state index >= 15 is 0 Å². The molecule has 26 heavy (non-hydrogen) atoms. The number of hydrogen-bond donors (Lipinski definition) is 1. The van der Waals surface area contributed by atoms with E-state index in [1.165, 1.54) is 11.8 Å². The maximum absolute atomic E-state index is 12.4. The van der Waals surface area contributed by atoms with Crippen molar-refractivity contribution >= 4 is 35.1 Å². The molecule has 1 N–H and O–H groups in total. The third kappa shape index (κ3) is 4.82. The van der Waals surface area contributed by atoms with Crippen LogP contribution in [0.4, 0.5) is 5.82 Å². The van der Waals surface area contributed by atoms with Crippen LogP contribution < -0.4 is 5.32 Å². The zero-order valence-corrected chi connectivity index (χ0v) is 16.7. The minimum Gasteiger partial charge on any atom is -0.385 e. The summed E-state index contributed by atoms with van der Waals surface area (Å²) in [6, 6.07) is 9.62. The number of hydrogen-bond acceptors (Lipinski definition) is 4. The van der Waals surface area contributed by atoms with E-state index in [0.717, 1.165) is 22.6 Å². The first kappa shape index (κ1) is 20.4. The molecule has 138 valence electrons. The highest BCUT2D eigenvalue weighted by atomic mass is 35.5. The number of ether oxygens (including phenoxy) is 1. The number of nitrogens with zero attached hydrogens (tertiary/aromatic N) is 2. The number of carbonyl (C=O) groups excluding carboxylic acids is 1. The lowest BCUT2D eigenvalue weighted by Gasteiger charge is -2.13. The molecular formula is C19H22ClN3O2S. The molecule has 0 aliphatic heterocycles. The third-order valence-electron chi connectivity index (χ3n) is 4.12. The summed E-state index contributed by atoms with van der Waals surface area (Å²) in [4.78, 5) is 13.3. The highest BCUT2D eigenvalue weighted by Gasteiger charge is 2.19. The van der Waals surface area contributed by atoms with Gasteiger partial charge in [-0.3, -0.25) is 4.79 Å². The van der Waals surface area contributed by atoms with Crippen LogP contribution in [0.25, 0.3) is 0 Å². The van der Waals surface area contributed by atoms with Crippen LogP contribution in [0.5, 0.6) is 0 Å². The Kier molecular flexibility index (Phi) is 7.58. The Balaban J connectivity index is 2.14. The number of benzene rings is 1. The van der Waals surface area contributed by atoms with Gasteiger partial charge in [-0.2, -0.15) is 5.26 Å². The van der Waals surface area contributed by atoms with Gasteiger partial charge in [0, 0.05) is 30.9 Å². The van der Waals surface area contributed by atoms with Gasteiger partial charge in [0.1, 0.15) is 11.9 Å². The van der Waals surface area contributed by atoms with Crippen LogP contribution >= 0.6 is 23.4 Å². The molecule has 0 fully saturated rings. The monoisotopic (exact) mass is 391 g/mol. The Labute approximate surface area is 163 Å². The summed E-state index contributed by atoms with van der Waals surface area (Å²) in [5, 5.41) is 13.0. The molecule has 0 bridgehead atoms. The number of anilines is 1. The topological polar surface area (TPSA) is 67.1 Å². The molecule has 0 aliphatic carbocycles. The summed E-state index contributed by atoms with van der Waals surface area (Å²) >= 11 is 7.49. The van der Waals surface area contributed by atoms with Gasteiger partial charge in [-0.1, -0.05) is 23.7 Å². The standard InChI is InChI=1S/C19H22ClN3O2S/c1-13-14(2)23(9-6-10-25-3)19(15(13)11-21)22-18(24)12-26-17-8-5-4-7-16(17)20/h4-5,7-8H,6,9-10,12H2,1-3H3,(H,22,24). The van der Waals surface area contributed by atoms with Crippen LogP contribution in [0.3, 0.4) is 0 Å². The number of aromatic nitrogens is 1. The van der Waals surface area contributed by atoms with Crippen LogP contribution in [-0.2, 0) is 16.1 Å². The van der Waals surface area contributed by atoms with Gasteiger partial charge in [0.2, 0.25) is 5.91 Å². The zero-order chi connectivity index (χ0) is 19.1. The molecule has 0 saturated carbocycles. The van der Waals surface area contributed by atoms with Crippen molar-refractivity contribution in [2.45, 2.75) is 31.7 Å². The predicted molar refractivity (Wildman–Crippen MR) is 106 cm³/mol. The number of carbonyl (C=O) groups is 1. The van der Waals surface area contributed by atoms with E-state index in [1.54, 1.807) is 13.2 Å². The Morgan fingerprint density at radius 2 is 2.12 bits per heavy atom. The van der Waals surface area contributed by atoms with E-state index in [-0.39, 0.29) is 11.7 Å². The normalized spacial score (nSPS) is 10.6. The summed E-state index contributed by atoms with van der Waals surface area (Å²) in [5.41, 5.74) is 2.38. The quantitative estimate of drug-likeness (QED) is 0.535. The van der Waals surface area contributed by atoms with Gasteiger partial charge in [0.25, 0.3) is 0 Å². The first-order valence-corrected chi connectivity index (χ1v) is 9.61. The lowest BCUT2D eigenvalue weighted by atomic mass is 10.2. The summed E-state index contributed by atoms with van der Waals surface area (Å²) in [5.74, 6) is 0.607. The second kappa shape index (κ2) is 9.67. The second-order valence-corrected chi connectivity index (χ2v) is 7.24. The molecule has 2 rings (SSSR count). The first-order valence-electron chi connectivity index (χ1n) is 8.25. The molecule has 5 nitrogen and oxygen atoms in total. The summed E-state index contributed by atoms with van der Waals surface area (Å²) < 4.78 is 7.08. The van der Waals surface area contributed by atoms with Crippen molar-refractivity contribution in [2.24, 2.45) is 0 Å². The van der Waals surface area contributed by atoms with E-state index < -0.39 is 0 Å². The van der Waals surface area contributed by atoms with E-state index in [2.05, 4.69) is 11.4 Å². The number of nitrogens with one attached hydrogen (secondary N) is 1. The summed E-state index contributed by atoms with van der Waals surface area (Å²) in [6.07, 6.45) is 0.799.